The van der Waals surface area contributed by atoms with E-state index in [0.717, 1.165) is 28.7 Å². The molecule has 140 valence electrons. The zero-order chi connectivity index (χ0) is 18.8. The second kappa shape index (κ2) is 7.36. The highest BCUT2D eigenvalue weighted by Gasteiger charge is 2.24. The summed E-state index contributed by atoms with van der Waals surface area (Å²) >= 11 is 0. The summed E-state index contributed by atoms with van der Waals surface area (Å²) in [7, 11) is 3.20. The van der Waals surface area contributed by atoms with E-state index in [9.17, 15) is 4.39 Å². The molecule has 0 N–H and O–H groups in total. The zero-order valence-electron chi connectivity index (χ0n) is 15.2. The van der Waals surface area contributed by atoms with Crippen molar-refractivity contribution < 1.29 is 18.6 Å². The van der Waals surface area contributed by atoms with Crippen molar-refractivity contribution in [3.63, 3.8) is 0 Å². The summed E-state index contributed by atoms with van der Waals surface area (Å²) in [6, 6.07) is 10.2. The Bertz CT molecular complexity index is 949. The lowest BCUT2D eigenvalue weighted by Gasteiger charge is -2.35. The number of benzene rings is 2. The van der Waals surface area contributed by atoms with Gasteiger partial charge < -0.3 is 19.1 Å². The van der Waals surface area contributed by atoms with Gasteiger partial charge >= 0.3 is 0 Å². The smallest absolute Gasteiger partial charge is 0.162 e. The molecule has 0 radical (unpaired) electrons. The van der Waals surface area contributed by atoms with E-state index < -0.39 is 0 Å². The third-order valence-electron chi connectivity index (χ3n) is 4.77. The Morgan fingerprint density at radius 1 is 1.11 bits per heavy atom. The highest BCUT2D eigenvalue weighted by atomic mass is 19.1. The largest absolute Gasteiger partial charge is 0.493 e. The van der Waals surface area contributed by atoms with Gasteiger partial charge in [-0.25, -0.2) is 4.39 Å². The van der Waals surface area contributed by atoms with Crippen LogP contribution in [0.15, 0.2) is 42.6 Å². The molecular formula is C20H20FN3O3. The summed E-state index contributed by atoms with van der Waals surface area (Å²) in [5, 5.41) is 9.31. The van der Waals surface area contributed by atoms with Crippen molar-refractivity contribution in [3.8, 4) is 11.5 Å². The maximum atomic E-state index is 13.2. The number of morpholine rings is 1. The highest BCUT2D eigenvalue weighted by Crippen LogP contribution is 2.36. The summed E-state index contributed by atoms with van der Waals surface area (Å²) in [4.78, 5) is 2.21. The third-order valence-corrected chi connectivity index (χ3v) is 4.77. The summed E-state index contributed by atoms with van der Waals surface area (Å²) in [5.74, 6) is 1.00. The van der Waals surface area contributed by atoms with Crippen LogP contribution in [0, 0.1) is 5.82 Å². The number of rotatable bonds is 4. The van der Waals surface area contributed by atoms with E-state index in [-0.39, 0.29) is 11.9 Å². The summed E-state index contributed by atoms with van der Waals surface area (Å²) in [6.07, 6.45) is 1.61. The molecule has 1 aromatic heterocycles. The normalized spacial score (nSPS) is 17.1. The van der Waals surface area contributed by atoms with Crippen molar-refractivity contribution >= 4 is 16.6 Å². The number of aromatic nitrogens is 2. The number of anilines is 1. The highest BCUT2D eigenvalue weighted by molar-refractivity contribution is 5.93. The van der Waals surface area contributed by atoms with Crippen LogP contribution in [-0.4, -0.2) is 44.1 Å². The van der Waals surface area contributed by atoms with Crippen LogP contribution in [0.25, 0.3) is 10.9 Å². The molecule has 1 unspecified atom stereocenters. The lowest BCUT2D eigenvalue weighted by atomic mass is 10.1. The molecular weight excluding hydrogens is 349 g/mol. The van der Waals surface area contributed by atoms with Gasteiger partial charge in [-0.3, -0.25) is 0 Å². The molecule has 2 aromatic carbocycles. The molecule has 1 aliphatic rings. The second-order valence-corrected chi connectivity index (χ2v) is 6.31. The SMILES string of the molecule is COc1cc2nncc(N3CCOC(c4ccc(F)cc4)C3)c2cc1OC. The molecule has 6 nitrogen and oxygen atoms in total. The molecule has 0 bridgehead atoms. The van der Waals surface area contributed by atoms with Gasteiger partial charge in [0.1, 0.15) is 11.9 Å². The van der Waals surface area contributed by atoms with E-state index in [0.29, 0.717) is 24.7 Å². The van der Waals surface area contributed by atoms with Crippen LogP contribution in [0.4, 0.5) is 10.1 Å². The third kappa shape index (κ3) is 3.38. The number of fused-ring (bicyclic) bond motifs is 1. The van der Waals surface area contributed by atoms with Crippen molar-refractivity contribution in [1.82, 2.24) is 10.2 Å². The fourth-order valence-corrected chi connectivity index (χ4v) is 3.37. The average molecular weight is 369 g/mol. The number of halogens is 1. The monoisotopic (exact) mass is 369 g/mol. The lowest BCUT2D eigenvalue weighted by Crippen LogP contribution is -2.38. The molecule has 0 aliphatic carbocycles. The van der Waals surface area contributed by atoms with Crippen molar-refractivity contribution in [2.24, 2.45) is 0 Å². The van der Waals surface area contributed by atoms with Gasteiger partial charge in [-0.2, -0.15) is 10.2 Å². The Labute approximate surface area is 156 Å². The predicted octanol–water partition coefficient (Wildman–Crippen LogP) is 3.36. The Morgan fingerprint density at radius 3 is 2.59 bits per heavy atom. The van der Waals surface area contributed by atoms with E-state index in [2.05, 4.69) is 15.1 Å². The summed E-state index contributed by atoms with van der Waals surface area (Å²) < 4.78 is 29.9. The van der Waals surface area contributed by atoms with Gasteiger partial charge in [-0.1, -0.05) is 12.1 Å². The minimum absolute atomic E-state index is 0.136. The maximum Gasteiger partial charge on any atom is 0.162 e. The topological polar surface area (TPSA) is 56.7 Å². The van der Waals surface area contributed by atoms with Crippen molar-refractivity contribution in [2.75, 3.05) is 38.8 Å². The van der Waals surface area contributed by atoms with E-state index in [1.165, 1.54) is 12.1 Å². The van der Waals surface area contributed by atoms with E-state index >= 15 is 0 Å². The molecule has 0 saturated carbocycles. The molecule has 2 heterocycles. The van der Waals surface area contributed by atoms with Crippen LogP contribution < -0.4 is 14.4 Å². The second-order valence-electron chi connectivity index (χ2n) is 6.31. The minimum atomic E-state index is -0.253. The molecule has 27 heavy (non-hydrogen) atoms. The molecule has 4 rings (SSSR count). The Kier molecular flexibility index (Phi) is 4.77. The van der Waals surface area contributed by atoms with Gasteiger partial charge in [0.15, 0.2) is 11.5 Å². The Morgan fingerprint density at radius 2 is 1.85 bits per heavy atom. The van der Waals surface area contributed by atoms with Gasteiger partial charge in [-0.15, -0.1) is 0 Å². The number of hydrogen-bond acceptors (Lipinski definition) is 6. The number of methoxy groups -OCH3 is 2. The summed E-state index contributed by atoms with van der Waals surface area (Å²) in [5.41, 5.74) is 2.64. The first-order valence-corrected chi connectivity index (χ1v) is 8.69. The molecule has 1 saturated heterocycles. The van der Waals surface area contributed by atoms with Gasteiger partial charge in [0.2, 0.25) is 0 Å². The number of hydrogen-bond donors (Lipinski definition) is 0. The van der Waals surface area contributed by atoms with Gasteiger partial charge in [0.25, 0.3) is 0 Å². The van der Waals surface area contributed by atoms with Crippen molar-refractivity contribution in [2.45, 2.75) is 6.10 Å². The van der Waals surface area contributed by atoms with Crippen LogP contribution in [0.2, 0.25) is 0 Å². The quantitative estimate of drug-likeness (QED) is 0.703. The minimum Gasteiger partial charge on any atom is -0.493 e. The van der Waals surface area contributed by atoms with Crippen LogP contribution in [0.3, 0.4) is 0 Å². The average Bonchev–Trinajstić information content (AvgIpc) is 2.72. The predicted molar refractivity (Wildman–Crippen MR) is 99.9 cm³/mol. The van der Waals surface area contributed by atoms with Gasteiger partial charge in [-0.05, 0) is 23.8 Å². The molecule has 0 spiro atoms. The van der Waals surface area contributed by atoms with Crippen LogP contribution >= 0.6 is 0 Å². The first kappa shape index (κ1) is 17.5. The molecule has 1 fully saturated rings. The number of nitrogens with zero attached hydrogens (tertiary/aromatic N) is 3. The molecule has 1 atom stereocenters. The molecule has 0 amide bonds. The fourth-order valence-electron chi connectivity index (χ4n) is 3.37. The Balaban J connectivity index is 1.69. The first-order valence-electron chi connectivity index (χ1n) is 8.69. The maximum absolute atomic E-state index is 13.2. The molecule has 1 aliphatic heterocycles. The number of ether oxygens (including phenoxy) is 3. The first-order chi connectivity index (χ1) is 13.2. The Hall–Kier alpha value is -2.93. The van der Waals surface area contributed by atoms with Gasteiger partial charge in [0, 0.05) is 24.5 Å². The summed E-state index contributed by atoms with van der Waals surface area (Å²) in [6.45, 7) is 1.94. The van der Waals surface area contributed by atoms with E-state index in [1.807, 2.05) is 12.1 Å². The molecule has 7 heteroatoms. The zero-order valence-corrected chi connectivity index (χ0v) is 15.2. The fraction of sp³-hybridized carbons (Fsp3) is 0.300. The van der Waals surface area contributed by atoms with Crippen molar-refractivity contribution in [3.05, 3.63) is 54.0 Å². The van der Waals surface area contributed by atoms with Gasteiger partial charge in [0.05, 0.1) is 38.2 Å². The van der Waals surface area contributed by atoms with E-state index in [1.54, 1.807) is 32.5 Å². The van der Waals surface area contributed by atoms with E-state index in [4.69, 9.17) is 14.2 Å². The van der Waals surface area contributed by atoms with Crippen LogP contribution in [-0.2, 0) is 4.74 Å². The molecule has 3 aromatic rings. The lowest BCUT2D eigenvalue weighted by molar-refractivity contribution is 0.0398. The van der Waals surface area contributed by atoms with Crippen LogP contribution in [0.1, 0.15) is 11.7 Å². The van der Waals surface area contributed by atoms with Crippen LogP contribution in [0.5, 0.6) is 11.5 Å². The standard InChI is InChI=1S/C20H20FN3O3/c1-25-18-9-15-16(10-19(18)26-2)23-22-11-17(15)24-7-8-27-20(12-24)13-3-5-14(21)6-4-13/h3-6,9-11,20H,7-8,12H2,1-2H3. The van der Waals surface area contributed by atoms with Crippen molar-refractivity contribution in [1.29, 1.82) is 0 Å².